The number of ether oxygens (including phenoxy) is 1. The van der Waals surface area contributed by atoms with Crippen LogP contribution in [0.25, 0.3) is 5.57 Å². The fourth-order valence-corrected chi connectivity index (χ4v) is 5.03. The molecule has 0 aliphatic heterocycles. The van der Waals surface area contributed by atoms with Crippen LogP contribution in [0.5, 0.6) is 0 Å². The molecule has 0 spiro atoms. The number of hydrogen-bond acceptors (Lipinski definition) is 5. The summed E-state index contributed by atoms with van der Waals surface area (Å²) in [7, 11) is 1.16. The minimum atomic E-state index is -1.45. The van der Waals surface area contributed by atoms with E-state index in [-0.39, 0.29) is 19.1 Å². The Hall–Kier alpha value is -3.85. The van der Waals surface area contributed by atoms with Crippen molar-refractivity contribution in [2.24, 2.45) is 0 Å². The minimum absolute atomic E-state index is 0.213. The van der Waals surface area contributed by atoms with E-state index < -0.39 is 18.0 Å². The summed E-state index contributed by atoms with van der Waals surface area (Å²) in [5, 5.41) is 15.9. The van der Waals surface area contributed by atoms with Crippen LogP contribution in [-0.4, -0.2) is 42.8 Å². The van der Waals surface area contributed by atoms with Gasteiger partial charge in [0.2, 0.25) is 0 Å². The third-order valence-electron chi connectivity index (χ3n) is 6.69. The number of nitrogens with zero attached hydrogens (tertiary/aromatic N) is 1. The number of nitrogens with one attached hydrogen (secondary N) is 2. The van der Waals surface area contributed by atoms with Crippen LogP contribution >= 0.6 is 23.2 Å². The van der Waals surface area contributed by atoms with Gasteiger partial charge in [0.1, 0.15) is 0 Å². The Kier molecular flexibility index (Phi) is 10.4. The van der Waals surface area contributed by atoms with Crippen LogP contribution < -0.4 is 15.5 Å². The molecular weight excluding hydrogens is 565 g/mol. The van der Waals surface area contributed by atoms with Crippen molar-refractivity contribution in [2.75, 3.05) is 23.9 Å². The third kappa shape index (κ3) is 8.33. The number of methoxy groups -OCH3 is 1. The molecule has 1 aliphatic carbocycles. The zero-order valence-electron chi connectivity index (χ0n) is 22.5. The van der Waals surface area contributed by atoms with E-state index in [1.807, 2.05) is 24.3 Å². The second-order valence-electron chi connectivity index (χ2n) is 9.64. The molecule has 0 radical (unpaired) electrons. The number of rotatable bonds is 9. The maximum Gasteiger partial charge on any atom is 0.336 e. The number of carbonyl (C=O) groups excluding carboxylic acids is 3. The molecule has 0 aromatic heterocycles. The molecule has 8 nitrogen and oxygen atoms in total. The average molecular weight is 597 g/mol. The van der Waals surface area contributed by atoms with Crippen LogP contribution in [0.2, 0.25) is 10.0 Å². The lowest BCUT2D eigenvalue weighted by Gasteiger charge is -2.24. The van der Waals surface area contributed by atoms with Crippen LogP contribution in [-0.2, 0) is 16.1 Å². The molecule has 41 heavy (non-hydrogen) atoms. The standard InChI is InChI=1S/C31H31Cl2N3O5/c1-41-30(39)28(37)18-34-29(38)23-9-7-20(8-10-23)19-36(31(40)35-26-16-24(32)15-25(33)17-26)27-13-11-22(12-14-27)21-5-3-2-4-6-21/h5,7-17,28,37H,2-4,6,18-19H2,1H3,(H,34,38)(H,35,40)/t28-/m1/s1. The summed E-state index contributed by atoms with van der Waals surface area (Å²) in [6.45, 7) is -0.0627. The molecule has 10 heteroatoms. The lowest BCUT2D eigenvalue weighted by molar-refractivity contribution is -0.149. The maximum atomic E-state index is 13.5. The van der Waals surface area contributed by atoms with E-state index in [0.29, 0.717) is 27.0 Å². The number of amides is 3. The van der Waals surface area contributed by atoms with Crippen LogP contribution in [0.1, 0.15) is 47.2 Å². The Labute approximate surface area is 248 Å². The van der Waals surface area contributed by atoms with Gasteiger partial charge in [-0.3, -0.25) is 9.69 Å². The number of anilines is 2. The molecule has 0 saturated carbocycles. The van der Waals surface area contributed by atoms with Gasteiger partial charge in [0.25, 0.3) is 5.91 Å². The smallest absolute Gasteiger partial charge is 0.336 e. The van der Waals surface area contributed by atoms with Gasteiger partial charge in [0.15, 0.2) is 6.10 Å². The fraction of sp³-hybridized carbons (Fsp3) is 0.258. The largest absolute Gasteiger partial charge is 0.467 e. The van der Waals surface area contributed by atoms with Crippen molar-refractivity contribution in [1.82, 2.24) is 5.32 Å². The zero-order valence-corrected chi connectivity index (χ0v) is 24.0. The molecule has 0 unspecified atom stereocenters. The van der Waals surface area contributed by atoms with Gasteiger partial charge in [-0.05, 0) is 84.8 Å². The Bertz CT molecular complexity index is 1400. The van der Waals surface area contributed by atoms with E-state index in [2.05, 4.69) is 21.4 Å². The maximum absolute atomic E-state index is 13.5. The van der Waals surface area contributed by atoms with Crippen molar-refractivity contribution >= 4 is 58.1 Å². The highest BCUT2D eigenvalue weighted by atomic mass is 35.5. The van der Waals surface area contributed by atoms with Crippen LogP contribution in [0, 0.1) is 0 Å². The SMILES string of the molecule is COC(=O)[C@H](O)CNC(=O)c1ccc(CN(C(=O)Nc2cc(Cl)cc(Cl)c2)c2ccc(C3=CCCCC3)cc2)cc1. The van der Waals surface area contributed by atoms with Gasteiger partial charge in [-0.1, -0.05) is 53.5 Å². The number of urea groups is 1. The summed E-state index contributed by atoms with van der Waals surface area (Å²) in [5.74, 6) is -1.29. The zero-order chi connectivity index (χ0) is 29.4. The van der Waals surface area contributed by atoms with Crippen molar-refractivity contribution < 1.29 is 24.2 Å². The first-order valence-electron chi connectivity index (χ1n) is 13.2. The van der Waals surface area contributed by atoms with E-state index >= 15 is 0 Å². The molecule has 0 heterocycles. The number of esters is 1. The molecule has 0 bridgehead atoms. The fourth-order valence-electron chi connectivity index (χ4n) is 4.51. The highest BCUT2D eigenvalue weighted by Crippen LogP contribution is 2.29. The van der Waals surface area contributed by atoms with E-state index in [1.165, 1.54) is 18.4 Å². The molecule has 1 aliphatic rings. The predicted molar refractivity (Wildman–Crippen MR) is 161 cm³/mol. The van der Waals surface area contributed by atoms with Crippen molar-refractivity contribution in [3.05, 3.63) is 99.5 Å². The Morgan fingerprint density at radius 1 is 0.976 bits per heavy atom. The number of benzene rings is 3. The van der Waals surface area contributed by atoms with E-state index in [9.17, 15) is 19.5 Å². The molecule has 0 fully saturated rings. The first kappa shape index (κ1) is 30.1. The second kappa shape index (κ2) is 14.2. The normalized spacial score (nSPS) is 13.5. The number of carbonyl (C=O) groups is 3. The molecule has 1 atom stereocenters. The van der Waals surface area contributed by atoms with E-state index in [0.717, 1.165) is 31.1 Å². The van der Waals surface area contributed by atoms with E-state index in [4.69, 9.17) is 23.2 Å². The van der Waals surface area contributed by atoms with Gasteiger partial charge in [0.05, 0.1) is 20.2 Å². The summed E-state index contributed by atoms with van der Waals surface area (Å²) >= 11 is 12.3. The molecular formula is C31H31Cl2N3O5. The molecule has 214 valence electrons. The van der Waals surface area contributed by atoms with Gasteiger partial charge < -0.3 is 20.5 Å². The Morgan fingerprint density at radius 2 is 1.66 bits per heavy atom. The molecule has 3 aromatic carbocycles. The minimum Gasteiger partial charge on any atom is -0.467 e. The average Bonchev–Trinajstić information content (AvgIpc) is 2.98. The van der Waals surface area contributed by atoms with Crippen LogP contribution in [0.3, 0.4) is 0 Å². The molecule has 3 aromatic rings. The number of aliphatic hydroxyl groups excluding tert-OH is 1. The summed E-state index contributed by atoms with van der Waals surface area (Å²) < 4.78 is 4.45. The second-order valence-corrected chi connectivity index (χ2v) is 10.5. The lowest BCUT2D eigenvalue weighted by atomic mass is 9.93. The summed E-state index contributed by atoms with van der Waals surface area (Å²) in [5.41, 5.74) is 4.72. The van der Waals surface area contributed by atoms with Crippen molar-refractivity contribution in [3.8, 4) is 0 Å². The molecule has 3 N–H and O–H groups in total. The third-order valence-corrected chi connectivity index (χ3v) is 7.12. The summed E-state index contributed by atoms with van der Waals surface area (Å²) in [4.78, 5) is 38.9. The van der Waals surface area contributed by atoms with E-state index in [1.54, 1.807) is 47.4 Å². The monoisotopic (exact) mass is 595 g/mol. The van der Waals surface area contributed by atoms with Crippen LogP contribution in [0.4, 0.5) is 16.2 Å². The topological polar surface area (TPSA) is 108 Å². The first-order chi connectivity index (χ1) is 19.7. The van der Waals surface area contributed by atoms with Crippen molar-refractivity contribution in [2.45, 2.75) is 38.3 Å². The lowest BCUT2D eigenvalue weighted by Crippen LogP contribution is -2.37. The van der Waals surface area contributed by atoms with Gasteiger partial charge in [0, 0.05) is 27.0 Å². The van der Waals surface area contributed by atoms with Crippen molar-refractivity contribution in [1.29, 1.82) is 0 Å². The summed E-state index contributed by atoms with van der Waals surface area (Å²) in [6.07, 6.45) is 5.32. The highest BCUT2D eigenvalue weighted by molar-refractivity contribution is 6.35. The van der Waals surface area contributed by atoms with Gasteiger partial charge in [-0.15, -0.1) is 0 Å². The van der Waals surface area contributed by atoms with Gasteiger partial charge in [-0.2, -0.15) is 0 Å². The summed E-state index contributed by atoms with van der Waals surface area (Å²) in [6, 6.07) is 19.0. The molecule has 0 saturated heterocycles. The van der Waals surface area contributed by atoms with Gasteiger partial charge in [-0.25, -0.2) is 9.59 Å². The Balaban J connectivity index is 1.52. The highest BCUT2D eigenvalue weighted by Gasteiger charge is 2.19. The van der Waals surface area contributed by atoms with Crippen LogP contribution in [0.15, 0.2) is 72.8 Å². The predicted octanol–water partition coefficient (Wildman–Crippen LogP) is 6.45. The molecule has 3 amide bonds. The Morgan fingerprint density at radius 3 is 2.27 bits per heavy atom. The number of halogens is 2. The quantitative estimate of drug-likeness (QED) is 0.246. The number of aliphatic hydroxyl groups is 1. The molecule has 4 rings (SSSR count). The number of allylic oxidation sites excluding steroid dienone is 2. The number of hydrogen-bond donors (Lipinski definition) is 3. The first-order valence-corrected chi connectivity index (χ1v) is 14.0. The van der Waals surface area contributed by atoms with Gasteiger partial charge >= 0.3 is 12.0 Å². The van der Waals surface area contributed by atoms with Crippen molar-refractivity contribution in [3.63, 3.8) is 0 Å².